The molecule has 2 aromatic rings. The summed E-state index contributed by atoms with van der Waals surface area (Å²) in [6, 6.07) is 8.45. The molecule has 2 rings (SSSR count). The van der Waals surface area contributed by atoms with Gasteiger partial charge in [-0.15, -0.1) is 0 Å². The highest BCUT2D eigenvalue weighted by molar-refractivity contribution is 5.27. The van der Waals surface area contributed by atoms with Gasteiger partial charge in [0.15, 0.2) is 0 Å². The van der Waals surface area contributed by atoms with Crippen molar-refractivity contribution in [2.75, 3.05) is 6.61 Å². The number of hydrogen-bond donors (Lipinski definition) is 0. The van der Waals surface area contributed by atoms with E-state index in [2.05, 4.69) is 41.3 Å². The molecule has 4 heteroatoms. The van der Waals surface area contributed by atoms with Gasteiger partial charge in [0.25, 0.3) is 0 Å². The largest absolute Gasteiger partial charge is 0.494 e. The monoisotopic (exact) mass is 273 g/mol. The number of unbranched alkanes of at least 4 members (excludes halogenated alkanes) is 1. The van der Waals surface area contributed by atoms with Crippen LogP contribution in [0.25, 0.3) is 0 Å². The number of hydrogen-bond acceptors (Lipinski definition) is 3. The van der Waals surface area contributed by atoms with Gasteiger partial charge in [0, 0.05) is 13.5 Å². The highest BCUT2D eigenvalue weighted by Gasteiger charge is 2.01. The molecule has 1 aromatic heterocycles. The zero-order chi connectivity index (χ0) is 14.2. The second kappa shape index (κ2) is 7.68. The first-order valence-corrected chi connectivity index (χ1v) is 7.34. The minimum absolute atomic E-state index is 0.789. The molecule has 0 saturated carbocycles. The molecule has 0 bridgehead atoms. The quantitative estimate of drug-likeness (QED) is 0.694. The molecule has 20 heavy (non-hydrogen) atoms. The van der Waals surface area contributed by atoms with Gasteiger partial charge in [0.1, 0.15) is 17.9 Å². The van der Waals surface area contributed by atoms with E-state index >= 15 is 0 Å². The maximum atomic E-state index is 5.58. The molecule has 0 saturated heterocycles. The van der Waals surface area contributed by atoms with Crippen LogP contribution >= 0.6 is 0 Å². The Bertz CT molecular complexity index is 505. The topological polar surface area (TPSA) is 39.9 Å². The van der Waals surface area contributed by atoms with Crippen LogP contribution < -0.4 is 4.74 Å². The van der Waals surface area contributed by atoms with Crippen molar-refractivity contribution in [1.29, 1.82) is 0 Å². The smallest absolute Gasteiger partial charge is 0.138 e. The maximum Gasteiger partial charge on any atom is 0.138 e. The molecule has 0 aliphatic rings. The summed E-state index contributed by atoms with van der Waals surface area (Å²) in [5.41, 5.74) is 1.37. The van der Waals surface area contributed by atoms with Gasteiger partial charge in [-0.2, -0.15) is 5.10 Å². The van der Waals surface area contributed by atoms with Crippen LogP contribution in [-0.4, -0.2) is 21.4 Å². The molecule has 108 valence electrons. The minimum atomic E-state index is 0.789. The normalized spacial score (nSPS) is 10.7. The molecule has 0 atom stereocenters. The lowest BCUT2D eigenvalue weighted by Gasteiger charge is -2.06. The third-order valence-electron chi connectivity index (χ3n) is 3.32. The molecule has 0 unspecified atom stereocenters. The van der Waals surface area contributed by atoms with Crippen LogP contribution in [0.3, 0.4) is 0 Å². The van der Waals surface area contributed by atoms with E-state index in [1.165, 1.54) is 12.0 Å². The fourth-order valence-corrected chi connectivity index (χ4v) is 2.13. The Hall–Kier alpha value is -1.84. The summed E-state index contributed by atoms with van der Waals surface area (Å²) in [6.07, 6.45) is 7.07. The average Bonchev–Trinajstić information content (AvgIpc) is 2.88. The Morgan fingerprint density at radius 2 is 1.85 bits per heavy atom. The predicted molar refractivity (Wildman–Crippen MR) is 79.9 cm³/mol. The fraction of sp³-hybridized carbons (Fsp3) is 0.500. The molecule has 0 radical (unpaired) electrons. The first-order valence-electron chi connectivity index (χ1n) is 7.34. The van der Waals surface area contributed by atoms with E-state index in [0.717, 1.165) is 43.9 Å². The Balaban J connectivity index is 1.70. The Labute approximate surface area is 120 Å². The van der Waals surface area contributed by atoms with Crippen molar-refractivity contribution < 1.29 is 4.74 Å². The van der Waals surface area contributed by atoms with Crippen LogP contribution in [0.2, 0.25) is 0 Å². The van der Waals surface area contributed by atoms with Crippen molar-refractivity contribution in [2.45, 2.75) is 39.0 Å². The van der Waals surface area contributed by atoms with Crippen molar-refractivity contribution in [3.8, 4) is 5.75 Å². The summed E-state index contributed by atoms with van der Waals surface area (Å²) in [5.74, 6) is 2.03. The molecular formula is C16H23N3O. The zero-order valence-corrected chi connectivity index (χ0v) is 12.4. The van der Waals surface area contributed by atoms with Gasteiger partial charge in [-0.3, -0.25) is 4.68 Å². The van der Waals surface area contributed by atoms with Gasteiger partial charge in [-0.05, 0) is 43.4 Å². The fourth-order valence-electron chi connectivity index (χ4n) is 2.13. The molecule has 1 aromatic carbocycles. The van der Waals surface area contributed by atoms with Gasteiger partial charge < -0.3 is 4.74 Å². The van der Waals surface area contributed by atoms with E-state index < -0.39 is 0 Å². The standard InChI is InChI=1S/C16H23N3O/c1-3-12-20-15-10-8-14(9-11-15)6-4-5-7-16-17-13-18-19(16)2/h8-11,13H,3-7,12H2,1-2H3. The molecular weight excluding hydrogens is 250 g/mol. The first kappa shape index (κ1) is 14.6. The van der Waals surface area contributed by atoms with E-state index in [4.69, 9.17) is 4.74 Å². The number of aromatic nitrogens is 3. The molecule has 1 heterocycles. The van der Waals surface area contributed by atoms with Crippen molar-refractivity contribution >= 4 is 0 Å². The molecule has 0 amide bonds. The van der Waals surface area contributed by atoms with Crippen LogP contribution in [-0.2, 0) is 19.9 Å². The maximum absolute atomic E-state index is 5.58. The van der Waals surface area contributed by atoms with Gasteiger partial charge in [0.05, 0.1) is 6.61 Å². The molecule has 0 aliphatic heterocycles. The summed E-state index contributed by atoms with van der Waals surface area (Å²) in [7, 11) is 1.94. The van der Waals surface area contributed by atoms with Crippen LogP contribution in [0, 0.1) is 0 Å². The minimum Gasteiger partial charge on any atom is -0.494 e. The zero-order valence-electron chi connectivity index (χ0n) is 12.4. The first-order chi connectivity index (χ1) is 9.79. The number of benzene rings is 1. The van der Waals surface area contributed by atoms with E-state index in [9.17, 15) is 0 Å². The average molecular weight is 273 g/mol. The summed E-state index contributed by atoms with van der Waals surface area (Å²) >= 11 is 0. The highest BCUT2D eigenvalue weighted by atomic mass is 16.5. The number of ether oxygens (including phenoxy) is 1. The van der Waals surface area contributed by atoms with Crippen LogP contribution in [0.5, 0.6) is 5.75 Å². The summed E-state index contributed by atoms with van der Waals surface area (Å²) in [4.78, 5) is 4.24. The van der Waals surface area contributed by atoms with Crippen LogP contribution in [0.4, 0.5) is 0 Å². The number of nitrogens with zero attached hydrogens (tertiary/aromatic N) is 3. The second-order valence-electron chi connectivity index (χ2n) is 5.00. The molecule has 0 aliphatic carbocycles. The summed E-state index contributed by atoms with van der Waals surface area (Å²) in [5, 5.41) is 4.08. The highest BCUT2D eigenvalue weighted by Crippen LogP contribution is 2.14. The van der Waals surface area contributed by atoms with E-state index in [1.54, 1.807) is 6.33 Å². The predicted octanol–water partition coefficient (Wildman–Crippen LogP) is 3.17. The van der Waals surface area contributed by atoms with Crippen LogP contribution in [0.15, 0.2) is 30.6 Å². The van der Waals surface area contributed by atoms with Crippen molar-refractivity contribution in [2.24, 2.45) is 7.05 Å². The van der Waals surface area contributed by atoms with Gasteiger partial charge in [-0.1, -0.05) is 19.1 Å². The third-order valence-corrected chi connectivity index (χ3v) is 3.32. The second-order valence-corrected chi connectivity index (χ2v) is 5.00. The van der Waals surface area contributed by atoms with Crippen LogP contribution in [0.1, 0.15) is 37.6 Å². The lowest BCUT2D eigenvalue weighted by Crippen LogP contribution is -2.00. The number of aryl methyl sites for hydroxylation is 3. The Morgan fingerprint density at radius 3 is 2.50 bits per heavy atom. The van der Waals surface area contributed by atoms with E-state index in [-0.39, 0.29) is 0 Å². The SMILES string of the molecule is CCCOc1ccc(CCCCc2ncnn2C)cc1. The van der Waals surface area contributed by atoms with E-state index in [1.807, 2.05) is 11.7 Å². The van der Waals surface area contributed by atoms with Crippen molar-refractivity contribution in [3.05, 3.63) is 42.0 Å². The van der Waals surface area contributed by atoms with Gasteiger partial charge >= 0.3 is 0 Å². The molecule has 0 N–H and O–H groups in total. The van der Waals surface area contributed by atoms with Crippen molar-refractivity contribution in [1.82, 2.24) is 14.8 Å². The molecule has 0 spiro atoms. The summed E-state index contributed by atoms with van der Waals surface area (Å²) < 4.78 is 7.43. The van der Waals surface area contributed by atoms with Crippen molar-refractivity contribution in [3.63, 3.8) is 0 Å². The molecule has 0 fully saturated rings. The number of rotatable bonds is 8. The summed E-state index contributed by atoms with van der Waals surface area (Å²) in [6.45, 7) is 2.91. The third kappa shape index (κ3) is 4.37. The Morgan fingerprint density at radius 1 is 1.10 bits per heavy atom. The molecule has 4 nitrogen and oxygen atoms in total. The lowest BCUT2D eigenvalue weighted by atomic mass is 10.1. The van der Waals surface area contributed by atoms with E-state index in [0.29, 0.717) is 0 Å². The van der Waals surface area contributed by atoms with Gasteiger partial charge in [-0.25, -0.2) is 4.98 Å². The lowest BCUT2D eigenvalue weighted by molar-refractivity contribution is 0.317. The Kier molecular flexibility index (Phi) is 5.59. The van der Waals surface area contributed by atoms with Gasteiger partial charge in [0.2, 0.25) is 0 Å².